The van der Waals surface area contributed by atoms with Gasteiger partial charge in [-0.05, 0) is 35.7 Å². The normalized spacial score (nSPS) is 11.0. The predicted molar refractivity (Wildman–Crippen MR) is 99.9 cm³/mol. The molecule has 0 radical (unpaired) electrons. The van der Waals surface area contributed by atoms with Gasteiger partial charge in [-0.15, -0.1) is 0 Å². The van der Waals surface area contributed by atoms with E-state index in [0.29, 0.717) is 40.2 Å². The summed E-state index contributed by atoms with van der Waals surface area (Å²) in [4.78, 5) is 23.7. The van der Waals surface area contributed by atoms with Gasteiger partial charge in [-0.3, -0.25) is 9.59 Å². The molecule has 3 aromatic rings. The SMILES string of the molecule is O=Cc1cn(CCO)c2ccc(Cc3cccc(Cl)c3Cl)cc2c1=O. The van der Waals surface area contributed by atoms with E-state index in [1.165, 1.54) is 6.20 Å². The maximum atomic E-state index is 12.5. The molecule has 0 saturated heterocycles. The quantitative estimate of drug-likeness (QED) is 0.691. The molecule has 1 N–H and O–H groups in total. The molecule has 0 atom stereocenters. The molecular weight excluding hydrogens is 361 g/mol. The second-order valence-corrected chi connectivity index (χ2v) is 6.47. The summed E-state index contributed by atoms with van der Waals surface area (Å²) in [6, 6.07) is 10.9. The highest BCUT2D eigenvalue weighted by molar-refractivity contribution is 6.42. The van der Waals surface area contributed by atoms with Crippen LogP contribution in [0.4, 0.5) is 0 Å². The average molecular weight is 376 g/mol. The maximum absolute atomic E-state index is 12.5. The lowest BCUT2D eigenvalue weighted by molar-refractivity contribution is 0.112. The zero-order chi connectivity index (χ0) is 18.0. The summed E-state index contributed by atoms with van der Waals surface area (Å²) in [5.41, 5.74) is 2.16. The molecule has 3 rings (SSSR count). The van der Waals surface area contributed by atoms with Crippen molar-refractivity contribution in [2.45, 2.75) is 13.0 Å². The molecule has 4 nitrogen and oxygen atoms in total. The number of carbonyl (C=O) groups is 1. The fraction of sp³-hybridized carbons (Fsp3) is 0.158. The summed E-state index contributed by atoms with van der Waals surface area (Å²) in [6.45, 7) is 0.216. The van der Waals surface area contributed by atoms with Crippen molar-refractivity contribution in [3.63, 3.8) is 0 Å². The Morgan fingerprint density at radius 1 is 1.16 bits per heavy atom. The van der Waals surface area contributed by atoms with E-state index in [4.69, 9.17) is 23.2 Å². The van der Waals surface area contributed by atoms with E-state index < -0.39 is 0 Å². The van der Waals surface area contributed by atoms with Gasteiger partial charge in [0.2, 0.25) is 0 Å². The van der Waals surface area contributed by atoms with Crippen molar-refractivity contribution in [1.29, 1.82) is 0 Å². The molecule has 0 aliphatic carbocycles. The molecule has 128 valence electrons. The van der Waals surface area contributed by atoms with Gasteiger partial charge >= 0.3 is 0 Å². The smallest absolute Gasteiger partial charge is 0.199 e. The number of hydrogen-bond donors (Lipinski definition) is 1. The third-order valence-electron chi connectivity index (χ3n) is 4.07. The molecule has 0 aliphatic rings. The lowest BCUT2D eigenvalue weighted by Gasteiger charge is -2.12. The van der Waals surface area contributed by atoms with Gasteiger partial charge in [0, 0.05) is 18.1 Å². The van der Waals surface area contributed by atoms with E-state index in [2.05, 4.69) is 0 Å². The molecule has 0 aliphatic heterocycles. The van der Waals surface area contributed by atoms with Crippen molar-refractivity contribution in [3.8, 4) is 0 Å². The number of carbonyl (C=O) groups excluding carboxylic acids is 1. The molecule has 1 heterocycles. The standard InChI is InChI=1S/C19H15Cl2NO3/c20-16-3-1-2-13(18(16)21)8-12-4-5-17-15(9-12)19(25)14(11-24)10-22(17)6-7-23/h1-5,9-11,23H,6-8H2. The summed E-state index contributed by atoms with van der Waals surface area (Å²) in [6.07, 6.45) is 2.53. The van der Waals surface area contributed by atoms with E-state index in [0.717, 1.165) is 11.1 Å². The number of aliphatic hydroxyl groups is 1. The lowest BCUT2D eigenvalue weighted by atomic mass is 10.0. The Kier molecular flexibility index (Phi) is 5.23. The van der Waals surface area contributed by atoms with Crippen LogP contribution >= 0.6 is 23.2 Å². The van der Waals surface area contributed by atoms with E-state index in [9.17, 15) is 14.7 Å². The average Bonchev–Trinajstić information content (AvgIpc) is 2.61. The molecule has 0 unspecified atom stereocenters. The number of rotatable bonds is 5. The van der Waals surface area contributed by atoms with Gasteiger partial charge in [0.25, 0.3) is 0 Å². The highest BCUT2D eigenvalue weighted by atomic mass is 35.5. The number of benzene rings is 2. The zero-order valence-corrected chi connectivity index (χ0v) is 14.7. The third kappa shape index (κ3) is 3.47. The summed E-state index contributed by atoms with van der Waals surface area (Å²) in [7, 11) is 0. The number of pyridine rings is 1. The Balaban J connectivity index is 2.13. The number of halogens is 2. The number of fused-ring (bicyclic) bond motifs is 1. The number of aromatic nitrogens is 1. The van der Waals surface area contributed by atoms with Gasteiger partial charge in [0.05, 0.1) is 27.7 Å². The number of aldehydes is 1. The van der Waals surface area contributed by atoms with Crippen LogP contribution in [0.1, 0.15) is 21.5 Å². The second-order valence-electron chi connectivity index (χ2n) is 5.69. The van der Waals surface area contributed by atoms with Crippen molar-refractivity contribution >= 4 is 40.4 Å². The maximum Gasteiger partial charge on any atom is 0.199 e. The van der Waals surface area contributed by atoms with E-state index in [1.54, 1.807) is 16.7 Å². The Hall–Kier alpha value is -2.14. The highest BCUT2D eigenvalue weighted by Crippen LogP contribution is 2.28. The summed E-state index contributed by atoms with van der Waals surface area (Å²) >= 11 is 12.3. The Morgan fingerprint density at radius 3 is 2.68 bits per heavy atom. The molecular formula is C19H15Cl2NO3. The molecule has 0 bridgehead atoms. The van der Waals surface area contributed by atoms with Crippen molar-refractivity contribution < 1.29 is 9.90 Å². The number of aliphatic hydroxyl groups excluding tert-OH is 1. The van der Waals surface area contributed by atoms with Crippen molar-refractivity contribution in [1.82, 2.24) is 4.57 Å². The van der Waals surface area contributed by atoms with Crippen LogP contribution < -0.4 is 5.43 Å². The van der Waals surface area contributed by atoms with Crippen LogP contribution in [0.3, 0.4) is 0 Å². The van der Waals surface area contributed by atoms with Crippen LogP contribution in [0.5, 0.6) is 0 Å². The first-order valence-corrected chi connectivity index (χ1v) is 8.45. The topological polar surface area (TPSA) is 59.3 Å². The molecule has 2 aromatic carbocycles. The molecule has 0 fully saturated rings. The minimum absolute atomic E-state index is 0.0684. The number of hydrogen-bond acceptors (Lipinski definition) is 3. The van der Waals surface area contributed by atoms with Crippen molar-refractivity contribution in [2.75, 3.05) is 6.61 Å². The monoisotopic (exact) mass is 375 g/mol. The fourth-order valence-electron chi connectivity index (χ4n) is 2.86. The highest BCUT2D eigenvalue weighted by Gasteiger charge is 2.11. The van der Waals surface area contributed by atoms with E-state index in [1.807, 2.05) is 24.3 Å². The van der Waals surface area contributed by atoms with Gasteiger partial charge in [-0.2, -0.15) is 0 Å². The van der Waals surface area contributed by atoms with Gasteiger partial charge in [0.1, 0.15) is 0 Å². The van der Waals surface area contributed by atoms with Crippen LogP contribution in [-0.2, 0) is 13.0 Å². The lowest BCUT2D eigenvalue weighted by Crippen LogP contribution is -2.16. The van der Waals surface area contributed by atoms with Gasteiger partial charge in [-0.1, -0.05) is 41.4 Å². The van der Waals surface area contributed by atoms with Crippen LogP contribution in [0, 0.1) is 0 Å². The Bertz CT molecular complexity index is 1010. The van der Waals surface area contributed by atoms with E-state index in [-0.39, 0.29) is 17.6 Å². The van der Waals surface area contributed by atoms with Crippen LogP contribution in [0.2, 0.25) is 10.0 Å². The molecule has 0 saturated carbocycles. The second kappa shape index (κ2) is 7.40. The third-order valence-corrected chi connectivity index (χ3v) is 4.92. The minimum atomic E-state index is -0.321. The first kappa shape index (κ1) is 17.7. The predicted octanol–water partition coefficient (Wildman–Crippen LogP) is 3.70. The van der Waals surface area contributed by atoms with Crippen molar-refractivity contribution in [2.24, 2.45) is 0 Å². The van der Waals surface area contributed by atoms with Crippen LogP contribution in [0.25, 0.3) is 10.9 Å². The first-order valence-electron chi connectivity index (χ1n) is 7.70. The Labute approximate surface area is 154 Å². The van der Waals surface area contributed by atoms with Crippen LogP contribution in [0.15, 0.2) is 47.4 Å². The fourth-order valence-corrected chi connectivity index (χ4v) is 3.25. The Morgan fingerprint density at radius 2 is 1.96 bits per heavy atom. The zero-order valence-electron chi connectivity index (χ0n) is 13.2. The molecule has 1 aromatic heterocycles. The summed E-state index contributed by atoms with van der Waals surface area (Å²) < 4.78 is 1.70. The first-order chi connectivity index (χ1) is 12.0. The largest absolute Gasteiger partial charge is 0.395 e. The molecule has 0 spiro atoms. The minimum Gasteiger partial charge on any atom is -0.395 e. The van der Waals surface area contributed by atoms with Crippen molar-refractivity contribution in [3.05, 3.63) is 79.6 Å². The molecule has 6 heteroatoms. The molecule has 0 amide bonds. The van der Waals surface area contributed by atoms with E-state index >= 15 is 0 Å². The number of nitrogens with zero attached hydrogens (tertiary/aromatic N) is 1. The van der Waals surface area contributed by atoms with Gasteiger partial charge in [-0.25, -0.2) is 0 Å². The molecule has 25 heavy (non-hydrogen) atoms. The van der Waals surface area contributed by atoms with Crippen LogP contribution in [-0.4, -0.2) is 22.6 Å². The van der Waals surface area contributed by atoms with Gasteiger partial charge in [0.15, 0.2) is 11.7 Å². The summed E-state index contributed by atoms with van der Waals surface area (Å²) in [5.74, 6) is 0. The summed E-state index contributed by atoms with van der Waals surface area (Å²) in [5, 5.41) is 10.6. The van der Waals surface area contributed by atoms with Gasteiger partial charge < -0.3 is 9.67 Å².